The van der Waals surface area contributed by atoms with E-state index in [2.05, 4.69) is 146 Å². The Kier molecular flexibility index (Phi) is 7.35. The van der Waals surface area contributed by atoms with E-state index in [0.717, 1.165) is 39.0 Å². The van der Waals surface area contributed by atoms with Gasteiger partial charge in [-0.2, -0.15) is 18.8 Å². The Balaban J connectivity index is 0.00000336. The average molecular weight is 823 g/mol. The molecule has 0 saturated carbocycles. The van der Waals surface area contributed by atoms with Crippen LogP contribution < -0.4 is 14.5 Å². The molecule has 0 atom stereocenters. The van der Waals surface area contributed by atoms with Gasteiger partial charge in [-0.25, -0.2) is 4.98 Å². The van der Waals surface area contributed by atoms with E-state index in [-0.39, 0.29) is 26.5 Å². The maximum atomic E-state index is 6.48. The van der Waals surface area contributed by atoms with Gasteiger partial charge in [-0.15, -0.1) is 52.7 Å². The Morgan fingerprint density at radius 2 is 1.56 bits per heavy atom. The number of ether oxygens (including phenoxy) is 1. The Labute approximate surface area is 298 Å². The molecule has 5 nitrogen and oxygen atoms in total. The monoisotopic (exact) mass is 822 g/mol. The molecule has 5 aromatic carbocycles. The van der Waals surface area contributed by atoms with Crippen LogP contribution in [-0.2, 0) is 26.5 Å². The van der Waals surface area contributed by atoms with Crippen molar-refractivity contribution in [3.63, 3.8) is 0 Å². The molecule has 9 rings (SSSR count). The minimum absolute atomic E-state index is 0. The van der Waals surface area contributed by atoms with Gasteiger partial charge < -0.3 is 19.1 Å². The van der Waals surface area contributed by atoms with Gasteiger partial charge in [0.05, 0.1) is 0 Å². The number of benzene rings is 5. The molecule has 0 unspecified atom stereocenters. The fraction of sp³-hybridized carbons (Fsp3) is 0.122. The van der Waals surface area contributed by atoms with E-state index in [1.54, 1.807) is 0 Å². The minimum Gasteiger partial charge on any atom is -0.509 e. The number of hydrogen-bond donors (Lipinski definition) is 0. The fourth-order valence-corrected chi connectivity index (χ4v) is 7.87. The predicted octanol–water partition coefficient (Wildman–Crippen LogP) is 10.9. The van der Waals surface area contributed by atoms with E-state index >= 15 is 0 Å². The van der Waals surface area contributed by atoms with Gasteiger partial charge in [0.1, 0.15) is 5.82 Å². The van der Waals surface area contributed by atoms with Crippen molar-refractivity contribution >= 4 is 70.4 Å². The van der Waals surface area contributed by atoms with Crippen LogP contribution in [0.15, 0.2) is 109 Å². The number of para-hydroxylation sites is 1. The van der Waals surface area contributed by atoms with E-state index in [1.807, 2.05) is 35.7 Å². The van der Waals surface area contributed by atoms with Crippen LogP contribution in [0.2, 0.25) is 0 Å². The number of thiophene rings is 1. The zero-order valence-corrected chi connectivity index (χ0v) is 30.0. The van der Waals surface area contributed by atoms with Gasteiger partial charge in [0, 0.05) is 75.8 Å². The van der Waals surface area contributed by atoms with E-state index in [9.17, 15) is 0 Å². The van der Waals surface area contributed by atoms with Gasteiger partial charge in [0.25, 0.3) is 0 Å². The first-order valence-corrected chi connectivity index (χ1v) is 16.6. The number of anilines is 3. The molecule has 7 heteroatoms. The van der Waals surface area contributed by atoms with Crippen molar-refractivity contribution in [1.29, 1.82) is 0 Å². The maximum absolute atomic E-state index is 6.48. The number of rotatable bonds is 4. The molecule has 0 radical (unpaired) electrons. The fourth-order valence-electron chi connectivity index (χ4n) is 6.76. The molecule has 4 heterocycles. The van der Waals surface area contributed by atoms with Crippen LogP contribution in [0, 0.1) is 18.8 Å². The molecular formula is C41H31N4OPtS-3. The molecule has 0 saturated heterocycles. The second-order valence-electron chi connectivity index (χ2n) is 13.1. The largest absolute Gasteiger partial charge is 0.509 e. The van der Waals surface area contributed by atoms with Crippen LogP contribution in [0.25, 0.3) is 47.8 Å². The molecule has 0 amide bonds. The van der Waals surface area contributed by atoms with E-state index in [0.29, 0.717) is 11.5 Å². The molecule has 1 aliphatic heterocycles. The van der Waals surface area contributed by atoms with Crippen LogP contribution in [0.1, 0.15) is 26.3 Å². The summed E-state index contributed by atoms with van der Waals surface area (Å²) in [6.45, 7) is 8.80. The van der Waals surface area contributed by atoms with Gasteiger partial charge in [0.15, 0.2) is 0 Å². The summed E-state index contributed by atoms with van der Waals surface area (Å²) in [5.74, 6) is 2.11. The van der Waals surface area contributed by atoms with Crippen molar-refractivity contribution < 1.29 is 25.8 Å². The van der Waals surface area contributed by atoms with Crippen molar-refractivity contribution in [2.24, 2.45) is 0 Å². The third-order valence-electron chi connectivity index (χ3n) is 9.03. The zero-order chi connectivity index (χ0) is 31.9. The van der Waals surface area contributed by atoms with E-state index in [4.69, 9.17) is 9.72 Å². The van der Waals surface area contributed by atoms with E-state index in [1.165, 1.54) is 31.4 Å². The van der Waals surface area contributed by atoms with Crippen LogP contribution in [0.4, 0.5) is 17.1 Å². The smallest absolute Gasteiger partial charge is 0.135 e. The van der Waals surface area contributed by atoms with Crippen LogP contribution in [-0.4, -0.2) is 16.6 Å². The normalized spacial score (nSPS) is 13.1. The maximum Gasteiger partial charge on any atom is 0.135 e. The summed E-state index contributed by atoms with van der Waals surface area (Å²) in [6.07, 6.45) is 1.90. The van der Waals surface area contributed by atoms with Crippen LogP contribution in [0.3, 0.4) is 0 Å². The van der Waals surface area contributed by atoms with Gasteiger partial charge in [0.2, 0.25) is 0 Å². The molecule has 0 spiro atoms. The Bertz CT molecular complexity index is 2510. The third-order valence-corrected chi connectivity index (χ3v) is 10.2. The van der Waals surface area contributed by atoms with Gasteiger partial charge in [-0.05, 0) is 59.8 Å². The van der Waals surface area contributed by atoms with Crippen LogP contribution >= 0.6 is 11.3 Å². The molecule has 0 N–H and O–H groups in total. The Morgan fingerprint density at radius 1 is 0.771 bits per heavy atom. The van der Waals surface area contributed by atoms with E-state index < -0.39 is 0 Å². The van der Waals surface area contributed by atoms with Crippen molar-refractivity contribution in [1.82, 2.24) is 9.55 Å². The summed E-state index contributed by atoms with van der Waals surface area (Å²) in [5, 5.41) is 4.84. The minimum atomic E-state index is 0. The summed E-state index contributed by atoms with van der Waals surface area (Å²) in [4.78, 5) is 9.20. The van der Waals surface area contributed by atoms with Gasteiger partial charge in [-0.1, -0.05) is 62.7 Å². The SMILES string of the molecule is CN1[CH-]N(c2[c-]c(Oc3[c-]c4c(cc3)c3ccccc3n4-c3cc(C(C)(C)C)ccn3)ccc2)c2ccc3sc4ccccc4c3c21.[Pt]. The first-order chi connectivity index (χ1) is 22.8. The van der Waals surface area contributed by atoms with Crippen molar-refractivity contribution in [2.45, 2.75) is 26.2 Å². The first kappa shape index (κ1) is 30.7. The van der Waals surface area contributed by atoms with Crippen molar-refractivity contribution in [3.8, 4) is 17.3 Å². The second-order valence-corrected chi connectivity index (χ2v) is 14.2. The molecule has 1 aliphatic rings. The molecule has 8 aromatic rings. The molecule has 48 heavy (non-hydrogen) atoms. The molecule has 240 valence electrons. The molecule has 0 aliphatic carbocycles. The number of hydrogen-bond acceptors (Lipinski definition) is 5. The Hall–Kier alpha value is -4.64. The van der Waals surface area contributed by atoms with Crippen molar-refractivity contribution in [3.05, 3.63) is 134 Å². The summed E-state index contributed by atoms with van der Waals surface area (Å²) < 4.78 is 11.3. The quantitative estimate of drug-likeness (QED) is 0.166. The summed E-state index contributed by atoms with van der Waals surface area (Å²) in [6, 6.07) is 43.0. The molecular weight excluding hydrogens is 792 g/mol. The summed E-state index contributed by atoms with van der Waals surface area (Å²) in [7, 11) is 2.11. The third kappa shape index (κ3) is 4.89. The van der Waals surface area contributed by atoms with Crippen molar-refractivity contribution in [2.75, 3.05) is 16.8 Å². The molecule has 0 bridgehead atoms. The number of pyridine rings is 1. The predicted molar refractivity (Wildman–Crippen MR) is 196 cm³/mol. The number of nitrogens with zero attached hydrogens (tertiary/aromatic N) is 4. The average Bonchev–Trinajstić information content (AvgIpc) is 3.73. The van der Waals surface area contributed by atoms with Crippen LogP contribution in [0.5, 0.6) is 11.5 Å². The second kappa shape index (κ2) is 11.5. The first-order valence-electron chi connectivity index (χ1n) is 15.8. The molecule has 0 fully saturated rings. The number of fused-ring (bicyclic) bond motifs is 8. The summed E-state index contributed by atoms with van der Waals surface area (Å²) in [5.41, 5.74) is 6.48. The topological polar surface area (TPSA) is 33.5 Å². The Morgan fingerprint density at radius 3 is 2.42 bits per heavy atom. The number of aromatic nitrogens is 2. The zero-order valence-electron chi connectivity index (χ0n) is 26.9. The molecule has 3 aromatic heterocycles. The standard InChI is InChI=1S/C41H31N4OS.Pt/c1-41(2,3)26-20-21-42-38(22-26)45-33-14-7-5-12-30(33)31-17-16-29(24-35(31)45)46-28-11-9-10-27(23-28)44-25-43(4)40-34(44)18-19-37-39(40)32-13-6-8-15-36(32)47-37;/h5-22,25H,1-4H3;/q-3;. The van der Waals surface area contributed by atoms with Gasteiger partial charge in [-0.3, -0.25) is 0 Å². The van der Waals surface area contributed by atoms with Gasteiger partial charge >= 0.3 is 0 Å². The summed E-state index contributed by atoms with van der Waals surface area (Å²) >= 11 is 1.84.